The summed E-state index contributed by atoms with van der Waals surface area (Å²) < 4.78 is 14.9. The topological polar surface area (TPSA) is 69.9 Å². The lowest BCUT2D eigenvalue weighted by Gasteiger charge is -2.15. The fourth-order valence-electron chi connectivity index (χ4n) is 8.47. The molecule has 0 amide bonds. The van der Waals surface area contributed by atoms with E-state index in [2.05, 4.69) is 126 Å². The van der Waals surface area contributed by atoms with E-state index in [1.807, 2.05) is 60.7 Å². The molecule has 0 aliphatic heterocycles. The van der Waals surface area contributed by atoms with Crippen LogP contribution in [0.15, 0.2) is 191 Å². The Morgan fingerprint density at radius 2 is 0.930 bits per heavy atom. The van der Waals surface area contributed by atoms with Crippen LogP contribution in [0.1, 0.15) is 0 Å². The van der Waals surface area contributed by atoms with Gasteiger partial charge >= 0.3 is 0 Å². The van der Waals surface area contributed by atoms with Crippen molar-refractivity contribution in [1.29, 1.82) is 0 Å². The minimum atomic E-state index is 0.563. The molecule has 6 nitrogen and oxygen atoms in total. The Morgan fingerprint density at radius 1 is 0.333 bits per heavy atom. The fourth-order valence-corrected chi connectivity index (χ4v) is 8.47. The van der Waals surface area contributed by atoms with Gasteiger partial charge in [0.15, 0.2) is 17.5 Å². The van der Waals surface area contributed by atoms with Gasteiger partial charge in [0.2, 0.25) is 0 Å². The fraction of sp³-hybridized carbons (Fsp3) is 0. The monoisotopic (exact) mass is 730 g/mol. The highest BCUT2D eigenvalue weighted by Gasteiger charge is 2.22. The Balaban J connectivity index is 1.13. The molecule has 0 saturated heterocycles. The van der Waals surface area contributed by atoms with E-state index in [1.54, 1.807) is 0 Å². The SMILES string of the molecule is c1ccc(-c2ccc3c4ccccc4n(-c4ccccc4-c4nc(-c5ccc6oc7ccccc7c6c5)nc(-c5cccc6oc7ccccc7c56)n4)c3c2)cc1. The number of aromatic nitrogens is 4. The summed E-state index contributed by atoms with van der Waals surface area (Å²) in [6, 6.07) is 62.8. The summed E-state index contributed by atoms with van der Waals surface area (Å²) in [4.78, 5) is 15.9. The molecular weight excluding hydrogens is 701 g/mol. The number of benzene rings is 8. The highest BCUT2D eigenvalue weighted by molar-refractivity contribution is 6.13. The molecule has 6 heteroatoms. The number of hydrogen-bond donors (Lipinski definition) is 0. The number of hydrogen-bond acceptors (Lipinski definition) is 5. The number of furan rings is 2. The zero-order valence-electron chi connectivity index (χ0n) is 30.4. The third-order valence-electron chi connectivity index (χ3n) is 11.1. The van der Waals surface area contributed by atoms with Crippen LogP contribution in [-0.4, -0.2) is 19.5 Å². The average molecular weight is 731 g/mol. The van der Waals surface area contributed by atoms with Gasteiger partial charge in [-0.15, -0.1) is 0 Å². The molecule has 266 valence electrons. The van der Waals surface area contributed by atoms with Gasteiger partial charge < -0.3 is 13.4 Å². The van der Waals surface area contributed by atoms with Crippen LogP contribution in [0.5, 0.6) is 0 Å². The normalized spacial score (nSPS) is 11.9. The zero-order valence-corrected chi connectivity index (χ0v) is 30.4. The van der Waals surface area contributed by atoms with Crippen molar-refractivity contribution < 1.29 is 8.83 Å². The molecule has 0 aliphatic carbocycles. The van der Waals surface area contributed by atoms with E-state index in [0.29, 0.717) is 17.5 Å². The molecule has 8 aromatic carbocycles. The molecule has 12 rings (SSSR count). The Labute approximate surface area is 325 Å². The van der Waals surface area contributed by atoms with Crippen LogP contribution in [0.3, 0.4) is 0 Å². The lowest BCUT2D eigenvalue weighted by molar-refractivity contribution is 0.668. The van der Waals surface area contributed by atoms with Crippen LogP contribution < -0.4 is 0 Å². The highest BCUT2D eigenvalue weighted by atomic mass is 16.3. The van der Waals surface area contributed by atoms with Gasteiger partial charge in [-0.3, -0.25) is 0 Å². The molecule has 0 atom stereocenters. The predicted octanol–water partition coefficient (Wildman–Crippen LogP) is 13.4. The second-order valence-electron chi connectivity index (χ2n) is 14.4. The van der Waals surface area contributed by atoms with Crippen molar-refractivity contribution in [2.24, 2.45) is 0 Å². The molecule has 0 aliphatic rings. The summed E-state index contributed by atoms with van der Waals surface area (Å²) >= 11 is 0. The molecule has 0 radical (unpaired) electrons. The van der Waals surface area contributed by atoms with E-state index >= 15 is 0 Å². The Hall–Kier alpha value is -7.83. The van der Waals surface area contributed by atoms with E-state index in [1.165, 1.54) is 16.3 Å². The number of fused-ring (bicyclic) bond motifs is 9. The molecule has 0 saturated carbocycles. The van der Waals surface area contributed by atoms with Gasteiger partial charge in [-0.1, -0.05) is 121 Å². The molecule has 0 spiro atoms. The largest absolute Gasteiger partial charge is 0.456 e. The maximum Gasteiger partial charge on any atom is 0.166 e. The van der Waals surface area contributed by atoms with Gasteiger partial charge in [0.25, 0.3) is 0 Å². The van der Waals surface area contributed by atoms with Crippen molar-refractivity contribution in [2.45, 2.75) is 0 Å². The molecule has 12 aromatic rings. The molecule has 0 bridgehead atoms. The van der Waals surface area contributed by atoms with Crippen molar-refractivity contribution in [3.8, 4) is 51.0 Å². The average Bonchev–Trinajstić information content (AvgIpc) is 3.95. The van der Waals surface area contributed by atoms with Gasteiger partial charge in [-0.05, 0) is 71.8 Å². The third kappa shape index (κ3) is 4.94. The second kappa shape index (κ2) is 12.3. The van der Waals surface area contributed by atoms with Crippen molar-refractivity contribution in [2.75, 3.05) is 0 Å². The van der Waals surface area contributed by atoms with Gasteiger partial charge in [-0.25, -0.2) is 15.0 Å². The maximum absolute atomic E-state index is 6.33. The number of rotatable bonds is 5. The summed E-state index contributed by atoms with van der Waals surface area (Å²) in [6.45, 7) is 0. The summed E-state index contributed by atoms with van der Waals surface area (Å²) in [6.07, 6.45) is 0. The lowest BCUT2D eigenvalue weighted by atomic mass is 10.0. The van der Waals surface area contributed by atoms with Gasteiger partial charge in [0, 0.05) is 49.0 Å². The molecule has 4 aromatic heterocycles. The first-order valence-corrected chi connectivity index (χ1v) is 19.0. The standard InChI is InChI=1S/C51H30N4O2/c1-2-13-31(14-3-1)32-25-27-35-34-15-4-8-20-41(34)55(43(35)30-32)42-21-9-5-17-37(42)50-52-49(33-26-28-46-40(29-33)36-16-6-10-22-44(36)56-46)53-51(54-50)39-19-12-24-47-48(39)38-18-7-11-23-45(38)57-47/h1-30H. The maximum atomic E-state index is 6.33. The first kappa shape index (κ1) is 31.5. The van der Waals surface area contributed by atoms with Crippen LogP contribution in [0, 0.1) is 0 Å². The number of para-hydroxylation sites is 4. The van der Waals surface area contributed by atoms with Crippen molar-refractivity contribution in [3.05, 3.63) is 182 Å². The van der Waals surface area contributed by atoms with Crippen molar-refractivity contribution in [1.82, 2.24) is 19.5 Å². The molecular formula is C51H30N4O2. The van der Waals surface area contributed by atoms with Crippen LogP contribution >= 0.6 is 0 Å². The first-order chi connectivity index (χ1) is 28.2. The predicted molar refractivity (Wildman–Crippen MR) is 230 cm³/mol. The summed E-state index contributed by atoms with van der Waals surface area (Å²) in [5.41, 5.74) is 11.4. The smallest absolute Gasteiger partial charge is 0.166 e. The zero-order chi connectivity index (χ0) is 37.5. The van der Waals surface area contributed by atoms with Gasteiger partial charge in [0.1, 0.15) is 22.3 Å². The highest BCUT2D eigenvalue weighted by Crippen LogP contribution is 2.40. The molecule has 0 fully saturated rings. The second-order valence-corrected chi connectivity index (χ2v) is 14.4. The summed E-state index contributed by atoms with van der Waals surface area (Å²) in [5.74, 6) is 1.70. The van der Waals surface area contributed by atoms with E-state index in [4.69, 9.17) is 23.8 Å². The molecule has 0 N–H and O–H groups in total. The third-order valence-corrected chi connectivity index (χ3v) is 11.1. The molecule has 0 unspecified atom stereocenters. The van der Waals surface area contributed by atoms with Crippen LogP contribution in [0.25, 0.3) is 117 Å². The number of nitrogens with zero attached hydrogens (tertiary/aromatic N) is 4. The van der Waals surface area contributed by atoms with E-state index in [0.717, 1.165) is 82.9 Å². The van der Waals surface area contributed by atoms with Crippen LogP contribution in [0.2, 0.25) is 0 Å². The first-order valence-electron chi connectivity index (χ1n) is 19.0. The Morgan fingerprint density at radius 3 is 1.81 bits per heavy atom. The Kier molecular flexibility index (Phi) is 6.83. The molecule has 4 heterocycles. The van der Waals surface area contributed by atoms with Crippen molar-refractivity contribution in [3.63, 3.8) is 0 Å². The van der Waals surface area contributed by atoms with Crippen molar-refractivity contribution >= 4 is 65.7 Å². The van der Waals surface area contributed by atoms with Gasteiger partial charge in [-0.2, -0.15) is 0 Å². The van der Waals surface area contributed by atoms with E-state index in [-0.39, 0.29) is 0 Å². The van der Waals surface area contributed by atoms with Gasteiger partial charge in [0.05, 0.1) is 16.7 Å². The summed E-state index contributed by atoms with van der Waals surface area (Å²) in [5, 5.41) is 6.39. The molecule has 57 heavy (non-hydrogen) atoms. The minimum absolute atomic E-state index is 0.563. The quantitative estimate of drug-likeness (QED) is 0.176. The van der Waals surface area contributed by atoms with E-state index < -0.39 is 0 Å². The lowest BCUT2D eigenvalue weighted by Crippen LogP contribution is -2.03. The Bertz CT molecular complexity index is 3540. The van der Waals surface area contributed by atoms with Crippen LogP contribution in [-0.2, 0) is 0 Å². The van der Waals surface area contributed by atoms with E-state index in [9.17, 15) is 0 Å². The minimum Gasteiger partial charge on any atom is -0.456 e. The van der Waals surface area contributed by atoms with Crippen LogP contribution in [0.4, 0.5) is 0 Å². The summed E-state index contributed by atoms with van der Waals surface area (Å²) in [7, 11) is 0.